The number of halogens is 2. The van der Waals surface area contributed by atoms with Crippen molar-refractivity contribution in [2.24, 2.45) is 0 Å². The minimum absolute atomic E-state index is 0.220. The lowest BCUT2D eigenvalue weighted by molar-refractivity contribution is 0.590. The number of nitrogens with zero attached hydrogens (tertiary/aromatic N) is 2. The first-order chi connectivity index (χ1) is 9.20. The Morgan fingerprint density at radius 3 is 2.58 bits per heavy atom. The highest BCUT2D eigenvalue weighted by Gasteiger charge is 2.09. The molecule has 0 aliphatic heterocycles. The molecule has 0 bridgehead atoms. The van der Waals surface area contributed by atoms with E-state index in [1.807, 2.05) is 6.92 Å². The van der Waals surface area contributed by atoms with Crippen LogP contribution in [0.15, 0.2) is 30.5 Å². The topological polar surface area (TPSA) is 49.8 Å². The van der Waals surface area contributed by atoms with Gasteiger partial charge in [0.1, 0.15) is 23.1 Å². The van der Waals surface area contributed by atoms with Crippen LogP contribution in [-0.2, 0) is 0 Å². The van der Waals surface area contributed by atoms with Crippen LogP contribution in [0, 0.1) is 11.6 Å². The van der Waals surface area contributed by atoms with Gasteiger partial charge in [0.25, 0.3) is 0 Å². The fraction of sp³-hybridized carbons (Fsp3) is 0.231. The average Bonchev–Trinajstić information content (AvgIpc) is 2.41. The molecule has 4 nitrogen and oxygen atoms in total. The maximum absolute atomic E-state index is 13.5. The second-order valence-electron chi connectivity index (χ2n) is 3.91. The van der Waals surface area contributed by atoms with E-state index in [4.69, 9.17) is 0 Å². The van der Waals surface area contributed by atoms with Gasteiger partial charge in [-0.3, -0.25) is 0 Å². The Bertz CT molecular complexity index is 540. The van der Waals surface area contributed by atoms with Crippen LogP contribution < -0.4 is 10.6 Å². The van der Waals surface area contributed by atoms with E-state index in [0.717, 1.165) is 13.0 Å². The summed E-state index contributed by atoms with van der Waals surface area (Å²) in [7, 11) is 0. The Kier molecular flexibility index (Phi) is 4.22. The Balaban J connectivity index is 2.19. The highest BCUT2D eigenvalue weighted by molar-refractivity contribution is 5.58. The minimum atomic E-state index is -0.665. The molecule has 1 heterocycles. The number of anilines is 3. The van der Waals surface area contributed by atoms with E-state index in [-0.39, 0.29) is 5.69 Å². The molecule has 2 aromatic rings. The smallest absolute Gasteiger partial charge is 0.224 e. The van der Waals surface area contributed by atoms with Gasteiger partial charge >= 0.3 is 0 Å². The number of hydrogen-bond acceptors (Lipinski definition) is 4. The van der Waals surface area contributed by atoms with Gasteiger partial charge in [0.05, 0.1) is 0 Å². The lowest BCUT2D eigenvalue weighted by atomic mass is 10.3. The van der Waals surface area contributed by atoms with Gasteiger partial charge in [-0.2, -0.15) is 4.98 Å². The van der Waals surface area contributed by atoms with Crippen molar-refractivity contribution in [1.82, 2.24) is 9.97 Å². The predicted molar refractivity (Wildman–Crippen MR) is 70.5 cm³/mol. The van der Waals surface area contributed by atoms with Crippen LogP contribution in [0.25, 0.3) is 0 Å². The molecule has 0 aliphatic rings. The summed E-state index contributed by atoms with van der Waals surface area (Å²) in [5, 5.41) is 5.62. The summed E-state index contributed by atoms with van der Waals surface area (Å²) in [6.45, 7) is 2.75. The van der Waals surface area contributed by atoms with E-state index in [1.54, 1.807) is 6.07 Å². The summed E-state index contributed by atoms with van der Waals surface area (Å²) in [6.07, 6.45) is 2.45. The van der Waals surface area contributed by atoms with Gasteiger partial charge in [-0.05, 0) is 24.6 Å². The summed E-state index contributed by atoms with van der Waals surface area (Å²) in [5.74, 6) is -0.579. The molecule has 0 spiro atoms. The molecule has 1 aromatic heterocycles. The minimum Gasteiger partial charge on any atom is -0.354 e. The number of nitrogens with one attached hydrogen (secondary N) is 2. The molecule has 2 rings (SSSR count). The second-order valence-corrected chi connectivity index (χ2v) is 3.91. The summed E-state index contributed by atoms with van der Waals surface area (Å²) < 4.78 is 27.0. The fourth-order valence-electron chi connectivity index (χ4n) is 1.50. The van der Waals surface area contributed by atoms with Crippen molar-refractivity contribution in [3.63, 3.8) is 0 Å². The molecule has 0 saturated carbocycles. The Hall–Kier alpha value is -2.24. The molecule has 2 N–H and O–H groups in total. The number of hydrogen-bond donors (Lipinski definition) is 2. The van der Waals surface area contributed by atoms with Crippen molar-refractivity contribution in [2.75, 3.05) is 17.2 Å². The van der Waals surface area contributed by atoms with E-state index in [1.165, 1.54) is 24.4 Å². The van der Waals surface area contributed by atoms with E-state index in [9.17, 15) is 8.78 Å². The maximum atomic E-state index is 13.5. The molecule has 0 aliphatic carbocycles. The molecule has 0 saturated heterocycles. The van der Waals surface area contributed by atoms with Gasteiger partial charge < -0.3 is 10.6 Å². The standard InChI is InChI=1S/C13H14F2N4/c1-2-7-16-13-17-8-6-11(19-13)18-12-9(14)4-3-5-10(12)15/h3-6,8H,2,7H2,1H3,(H2,16,17,18,19). The van der Waals surface area contributed by atoms with Gasteiger partial charge in [0, 0.05) is 12.7 Å². The zero-order valence-electron chi connectivity index (χ0n) is 10.5. The third kappa shape index (κ3) is 3.37. The molecule has 1 aromatic carbocycles. The van der Waals surface area contributed by atoms with Gasteiger partial charge in [-0.15, -0.1) is 0 Å². The number of aromatic nitrogens is 2. The molecule has 0 fully saturated rings. The van der Waals surface area contributed by atoms with Crippen LogP contribution in [-0.4, -0.2) is 16.5 Å². The van der Waals surface area contributed by atoms with E-state index < -0.39 is 11.6 Å². The molecular weight excluding hydrogens is 250 g/mol. The summed E-state index contributed by atoms with van der Waals surface area (Å²) >= 11 is 0. The van der Waals surface area contributed by atoms with E-state index in [2.05, 4.69) is 20.6 Å². The summed E-state index contributed by atoms with van der Waals surface area (Å²) in [4.78, 5) is 8.13. The lowest BCUT2D eigenvalue weighted by Gasteiger charge is -2.09. The van der Waals surface area contributed by atoms with Crippen molar-refractivity contribution in [3.8, 4) is 0 Å². The normalized spacial score (nSPS) is 10.3. The Morgan fingerprint density at radius 2 is 1.89 bits per heavy atom. The van der Waals surface area contributed by atoms with E-state index in [0.29, 0.717) is 11.8 Å². The first-order valence-electron chi connectivity index (χ1n) is 5.98. The highest BCUT2D eigenvalue weighted by atomic mass is 19.1. The van der Waals surface area contributed by atoms with Crippen LogP contribution >= 0.6 is 0 Å². The fourth-order valence-corrected chi connectivity index (χ4v) is 1.50. The molecule has 6 heteroatoms. The van der Waals surface area contributed by atoms with Crippen molar-refractivity contribution in [2.45, 2.75) is 13.3 Å². The molecule has 19 heavy (non-hydrogen) atoms. The van der Waals surface area contributed by atoms with Crippen LogP contribution in [0.1, 0.15) is 13.3 Å². The molecule has 0 unspecified atom stereocenters. The first kappa shape index (κ1) is 13.2. The van der Waals surface area contributed by atoms with E-state index >= 15 is 0 Å². The summed E-state index contributed by atoms with van der Waals surface area (Å²) in [5.41, 5.74) is -0.220. The van der Waals surface area contributed by atoms with Gasteiger partial charge in [-0.25, -0.2) is 13.8 Å². The summed E-state index contributed by atoms with van der Waals surface area (Å²) in [6, 6.07) is 5.22. The quantitative estimate of drug-likeness (QED) is 0.869. The number of rotatable bonds is 5. The SMILES string of the molecule is CCCNc1nccc(Nc2c(F)cccc2F)n1. The molecule has 0 radical (unpaired) electrons. The predicted octanol–water partition coefficient (Wildman–Crippen LogP) is 3.32. The molecule has 100 valence electrons. The molecular formula is C13H14F2N4. The first-order valence-corrected chi connectivity index (χ1v) is 5.98. The van der Waals surface area contributed by atoms with Gasteiger partial charge in [0.2, 0.25) is 5.95 Å². The van der Waals surface area contributed by atoms with Gasteiger partial charge in [0.15, 0.2) is 0 Å². The molecule has 0 amide bonds. The Morgan fingerprint density at radius 1 is 1.16 bits per heavy atom. The van der Waals surface area contributed by atoms with Crippen LogP contribution in [0.4, 0.5) is 26.2 Å². The van der Waals surface area contributed by atoms with Crippen molar-refractivity contribution in [1.29, 1.82) is 0 Å². The van der Waals surface area contributed by atoms with Crippen LogP contribution in [0.2, 0.25) is 0 Å². The number of benzene rings is 1. The van der Waals surface area contributed by atoms with Crippen molar-refractivity contribution >= 4 is 17.5 Å². The largest absolute Gasteiger partial charge is 0.354 e. The van der Waals surface area contributed by atoms with Crippen LogP contribution in [0.5, 0.6) is 0 Å². The highest BCUT2D eigenvalue weighted by Crippen LogP contribution is 2.22. The maximum Gasteiger partial charge on any atom is 0.224 e. The third-order valence-electron chi connectivity index (χ3n) is 2.40. The van der Waals surface area contributed by atoms with Gasteiger partial charge in [-0.1, -0.05) is 13.0 Å². The monoisotopic (exact) mass is 264 g/mol. The number of para-hydroxylation sites is 1. The Labute approximate surface area is 109 Å². The van der Waals surface area contributed by atoms with Crippen LogP contribution in [0.3, 0.4) is 0 Å². The van der Waals surface area contributed by atoms with Crippen molar-refractivity contribution in [3.05, 3.63) is 42.1 Å². The zero-order valence-corrected chi connectivity index (χ0v) is 10.5. The zero-order chi connectivity index (χ0) is 13.7. The molecule has 0 atom stereocenters. The second kappa shape index (κ2) is 6.08. The van der Waals surface area contributed by atoms with Crippen molar-refractivity contribution < 1.29 is 8.78 Å². The lowest BCUT2D eigenvalue weighted by Crippen LogP contribution is -2.06. The average molecular weight is 264 g/mol. The third-order valence-corrected chi connectivity index (χ3v) is 2.40.